The molecule has 6 heteroatoms. The van der Waals surface area contributed by atoms with Crippen LogP contribution in [0, 0.1) is 6.92 Å². The molecule has 1 N–H and O–H groups in total. The molecular weight excluding hydrogens is 328 g/mol. The van der Waals surface area contributed by atoms with Gasteiger partial charge in [0.2, 0.25) is 0 Å². The second-order valence-electron chi connectivity index (χ2n) is 7.79. The van der Waals surface area contributed by atoms with Gasteiger partial charge in [-0.1, -0.05) is 6.92 Å². The van der Waals surface area contributed by atoms with Gasteiger partial charge in [0.1, 0.15) is 5.56 Å². The van der Waals surface area contributed by atoms with Crippen molar-refractivity contribution in [3.8, 4) is 0 Å². The quantitative estimate of drug-likeness (QED) is 0.898. The van der Waals surface area contributed by atoms with Gasteiger partial charge < -0.3 is 9.47 Å². The lowest BCUT2D eigenvalue weighted by molar-refractivity contribution is 0.0630. The number of rotatable bonds is 2. The van der Waals surface area contributed by atoms with Gasteiger partial charge in [0, 0.05) is 36.9 Å². The molecule has 26 heavy (non-hydrogen) atoms. The standard InChI is InChI=1S/C20H26N4O2/c1-4-16-13(2)10-15(18(25)23(16)3)19(26)24-9-5-7-20(12-24)8-6-14-11-21-22-17(14)20/h10-11H,4-9,12H2,1-3H3,(H,21,22). The zero-order valence-corrected chi connectivity index (χ0v) is 15.8. The van der Waals surface area contributed by atoms with Crippen LogP contribution in [0.5, 0.6) is 0 Å². The molecule has 1 spiro atoms. The summed E-state index contributed by atoms with van der Waals surface area (Å²) in [5.74, 6) is -0.136. The van der Waals surface area contributed by atoms with E-state index in [1.165, 1.54) is 11.3 Å². The van der Waals surface area contributed by atoms with E-state index in [4.69, 9.17) is 0 Å². The number of fused-ring (bicyclic) bond motifs is 2. The SMILES string of the molecule is CCc1c(C)cc(C(=O)N2CCCC3(CCc4cn[nH]c43)C2)c(=O)n1C. The fourth-order valence-corrected chi connectivity index (χ4v) is 4.94. The van der Waals surface area contributed by atoms with Crippen molar-refractivity contribution in [3.63, 3.8) is 0 Å². The normalized spacial score (nSPS) is 22.0. The Bertz CT molecular complexity index is 926. The third-order valence-corrected chi connectivity index (χ3v) is 6.31. The third-order valence-electron chi connectivity index (χ3n) is 6.31. The molecule has 2 aromatic heterocycles. The first-order chi connectivity index (χ1) is 12.5. The molecule has 0 aromatic carbocycles. The van der Waals surface area contributed by atoms with Crippen LogP contribution in [-0.4, -0.2) is 38.7 Å². The summed E-state index contributed by atoms with van der Waals surface area (Å²) in [6.45, 7) is 5.38. The van der Waals surface area contributed by atoms with Crippen molar-refractivity contribution in [2.45, 2.75) is 51.4 Å². The molecule has 1 atom stereocenters. The molecule has 1 aliphatic heterocycles. The number of amides is 1. The number of hydrogen-bond acceptors (Lipinski definition) is 3. The number of hydrogen-bond donors (Lipinski definition) is 1. The van der Waals surface area contributed by atoms with E-state index in [1.807, 2.05) is 24.9 Å². The van der Waals surface area contributed by atoms with E-state index in [1.54, 1.807) is 17.7 Å². The Kier molecular flexibility index (Phi) is 4.01. The lowest BCUT2D eigenvalue weighted by Gasteiger charge is -2.40. The predicted molar refractivity (Wildman–Crippen MR) is 99.5 cm³/mol. The third kappa shape index (κ3) is 2.42. The van der Waals surface area contributed by atoms with Gasteiger partial charge in [-0.3, -0.25) is 14.7 Å². The number of H-pyrrole nitrogens is 1. The number of nitrogens with zero attached hydrogens (tertiary/aromatic N) is 3. The number of aromatic amines is 1. The molecule has 1 saturated heterocycles. The molecule has 2 aromatic rings. The van der Waals surface area contributed by atoms with E-state index >= 15 is 0 Å². The highest BCUT2D eigenvalue weighted by atomic mass is 16.2. The lowest BCUT2D eigenvalue weighted by Crippen LogP contribution is -2.49. The second-order valence-corrected chi connectivity index (χ2v) is 7.79. The Balaban J connectivity index is 1.67. The van der Waals surface area contributed by atoms with Crippen LogP contribution < -0.4 is 5.56 Å². The molecule has 1 fully saturated rings. The van der Waals surface area contributed by atoms with Crippen LogP contribution in [-0.2, 0) is 25.3 Å². The maximum Gasteiger partial charge on any atom is 0.263 e. The van der Waals surface area contributed by atoms with Gasteiger partial charge in [0.25, 0.3) is 11.5 Å². The zero-order valence-electron chi connectivity index (χ0n) is 15.8. The number of carbonyl (C=O) groups is 1. The zero-order chi connectivity index (χ0) is 18.5. The maximum absolute atomic E-state index is 13.2. The monoisotopic (exact) mass is 354 g/mol. The minimum Gasteiger partial charge on any atom is -0.338 e. The first kappa shape index (κ1) is 17.1. The Labute approximate surface area is 153 Å². The summed E-state index contributed by atoms with van der Waals surface area (Å²) < 4.78 is 1.63. The number of piperidine rings is 1. The Morgan fingerprint density at radius 3 is 2.96 bits per heavy atom. The van der Waals surface area contributed by atoms with Crippen molar-refractivity contribution in [1.82, 2.24) is 19.7 Å². The molecule has 6 nitrogen and oxygen atoms in total. The molecule has 3 heterocycles. The molecule has 0 bridgehead atoms. The van der Waals surface area contributed by atoms with E-state index in [2.05, 4.69) is 10.2 Å². The first-order valence-corrected chi connectivity index (χ1v) is 9.48. The van der Waals surface area contributed by atoms with Crippen molar-refractivity contribution >= 4 is 5.91 Å². The highest BCUT2D eigenvalue weighted by Crippen LogP contribution is 2.43. The van der Waals surface area contributed by atoms with Gasteiger partial charge in [-0.2, -0.15) is 5.10 Å². The van der Waals surface area contributed by atoms with Gasteiger partial charge in [-0.15, -0.1) is 0 Å². The number of aromatic nitrogens is 3. The van der Waals surface area contributed by atoms with Gasteiger partial charge in [-0.25, -0.2) is 0 Å². The second kappa shape index (κ2) is 6.11. The average Bonchev–Trinajstić information content (AvgIpc) is 3.23. The van der Waals surface area contributed by atoms with Crippen LogP contribution in [0.1, 0.15) is 59.1 Å². The molecule has 4 rings (SSSR count). The van der Waals surface area contributed by atoms with Crippen LogP contribution in [0.25, 0.3) is 0 Å². The molecule has 2 aliphatic rings. The van der Waals surface area contributed by atoms with Crippen molar-refractivity contribution in [2.24, 2.45) is 7.05 Å². The van der Waals surface area contributed by atoms with Crippen molar-refractivity contribution in [3.05, 3.63) is 50.7 Å². The summed E-state index contributed by atoms with van der Waals surface area (Å²) in [6, 6.07) is 1.78. The summed E-state index contributed by atoms with van der Waals surface area (Å²) in [5.41, 5.74) is 4.54. The van der Waals surface area contributed by atoms with E-state index in [-0.39, 0.29) is 16.9 Å². The van der Waals surface area contributed by atoms with Gasteiger partial charge >= 0.3 is 0 Å². The molecule has 1 unspecified atom stereocenters. The van der Waals surface area contributed by atoms with Gasteiger partial charge in [0.15, 0.2) is 0 Å². The van der Waals surface area contributed by atoms with Gasteiger partial charge in [0.05, 0.1) is 6.20 Å². The molecule has 0 radical (unpaired) electrons. The summed E-state index contributed by atoms with van der Waals surface area (Å²) >= 11 is 0. The number of pyridine rings is 1. The fraction of sp³-hybridized carbons (Fsp3) is 0.550. The van der Waals surface area contributed by atoms with Crippen molar-refractivity contribution in [1.29, 1.82) is 0 Å². The Hall–Kier alpha value is -2.37. The smallest absolute Gasteiger partial charge is 0.263 e. The minimum absolute atomic E-state index is 0.0244. The van der Waals surface area contributed by atoms with Crippen molar-refractivity contribution < 1.29 is 4.79 Å². The van der Waals surface area contributed by atoms with Gasteiger partial charge in [-0.05, 0) is 56.2 Å². The predicted octanol–water partition coefficient (Wildman–Crippen LogP) is 2.10. The summed E-state index contributed by atoms with van der Waals surface area (Å²) in [7, 11) is 1.76. The number of carbonyl (C=O) groups excluding carboxylic acids is 1. The summed E-state index contributed by atoms with van der Waals surface area (Å²) in [5, 5.41) is 7.36. The van der Waals surface area contributed by atoms with Crippen LogP contribution in [0.2, 0.25) is 0 Å². The summed E-state index contributed by atoms with van der Waals surface area (Å²) in [6.07, 6.45) is 6.77. The van der Waals surface area contributed by atoms with Crippen LogP contribution in [0.15, 0.2) is 17.1 Å². The fourth-order valence-electron chi connectivity index (χ4n) is 4.94. The average molecular weight is 354 g/mol. The van der Waals surface area contributed by atoms with E-state index in [9.17, 15) is 9.59 Å². The molecule has 0 saturated carbocycles. The van der Waals surface area contributed by atoms with E-state index in [0.717, 1.165) is 43.4 Å². The largest absolute Gasteiger partial charge is 0.338 e. The Morgan fingerprint density at radius 2 is 2.19 bits per heavy atom. The maximum atomic E-state index is 13.2. The Morgan fingerprint density at radius 1 is 1.38 bits per heavy atom. The number of likely N-dealkylation sites (tertiary alicyclic amines) is 1. The molecule has 1 aliphatic carbocycles. The van der Waals surface area contributed by atoms with E-state index in [0.29, 0.717) is 18.7 Å². The molecular formula is C20H26N4O2. The van der Waals surface area contributed by atoms with Crippen molar-refractivity contribution in [2.75, 3.05) is 13.1 Å². The number of nitrogens with one attached hydrogen (secondary N) is 1. The minimum atomic E-state index is -0.189. The van der Waals surface area contributed by atoms with Crippen LogP contribution in [0.4, 0.5) is 0 Å². The number of aryl methyl sites for hydroxylation is 2. The molecule has 138 valence electrons. The topological polar surface area (TPSA) is 71.0 Å². The first-order valence-electron chi connectivity index (χ1n) is 9.48. The molecule has 1 amide bonds. The van der Waals surface area contributed by atoms with Crippen LogP contribution in [0.3, 0.4) is 0 Å². The lowest BCUT2D eigenvalue weighted by atomic mass is 9.77. The van der Waals surface area contributed by atoms with Crippen LogP contribution >= 0.6 is 0 Å². The highest BCUT2D eigenvalue weighted by molar-refractivity contribution is 5.94. The van der Waals surface area contributed by atoms with E-state index < -0.39 is 0 Å². The summed E-state index contributed by atoms with van der Waals surface area (Å²) in [4.78, 5) is 27.8. The highest BCUT2D eigenvalue weighted by Gasteiger charge is 2.44.